The van der Waals surface area contributed by atoms with Gasteiger partial charge in [-0.1, -0.05) is 132 Å². The van der Waals surface area contributed by atoms with E-state index in [1.807, 2.05) is 89.8 Å². The molecule has 0 radical (unpaired) electrons. The summed E-state index contributed by atoms with van der Waals surface area (Å²) in [7, 11) is 0. The molecule has 7 atom stereocenters. The number of aromatic nitrogens is 3. The molecule has 3 aliphatic heterocycles. The molecule has 0 saturated carbocycles. The van der Waals surface area contributed by atoms with Gasteiger partial charge in [0.15, 0.2) is 0 Å². The van der Waals surface area contributed by atoms with Crippen LogP contribution in [-0.4, -0.2) is 84.7 Å². The summed E-state index contributed by atoms with van der Waals surface area (Å²) in [5.41, 5.74) is 2.26. The number of carbonyl (C=O) groups is 4. The van der Waals surface area contributed by atoms with Crippen molar-refractivity contribution in [3.63, 3.8) is 0 Å². The molecule has 1 aromatic heterocycles. The number of rotatable bonds is 14. The normalized spacial score (nSPS) is 20.7. The molecule has 7 aromatic carbocycles. The Bertz CT molecular complexity index is 3610. The van der Waals surface area contributed by atoms with Gasteiger partial charge in [-0.2, -0.15) is 0 Å². The van der Waals surface area contributed by atoms with Crippen LogP contribution in [0.4, 0.5) is 16.2 Å². The highest BCUT2D eigenvalue weighted by molar-refractivity contribution is 6.23. The van der Waals surface area contributed by atoms with E-state index in [1.165, 1.54) is 24.3 Å². The van der Waals surface area contributed by atoms with E-state index >= 15 is 14.4 Å². The van der Waals surface area contributed by atoms with Crippen LogP contribution in [0.5, 0.6) is 5.75 Å². The number of ether oxygens (including phenoxy) is 3. The number of esters is 1. The number of carbonyl (C=O) groups excluding carboxylic acids is 4. The van der Waals surface area contributed by atoms with Gasteiger partial charge in [0.2, 0.25) is 11.8 Å². The van der Waals surface area contributed by atoms with Gasteiger partial charge in [0.05, 0.1) is 46.8 Å². The topological polar surface area (TPSA) is 229 Å². The Kier molecular flexibility index (Phi) is 14.0. The number of aliphatic hydroxyl groups excluding tert-OH is 2. The lowest BCUT2D eigenvalue weighted by atomic mass is 9.65. The number of nitro groups is 1. The monoisotopic (exact) mass is 1040 g/mol. The largest absolute Gasteiger partial charge is 0.491 e. The van der Waals surface area contributed by atoms with Gasteiger partial charge in [0, 0.05) is 24.2 Å². The highest BCUT2D eigenvalue weighted by atomic mass is 16.6. The van der Waals surface area contributed by atoms with Crippen molar-refractivity contribution in [3.8, 4) is 17.6 Å². The van der Waals surface area contributed by atoms with Crippen molar-refractivity contribution in [1.29, 1.82) is 0 Å². The van der Waals surface area contributed by atoms with Crippen LogP contribution in [0.3, 0.4) is 0 Å². The summed E-state index contributed by atoms with van der Waals surface area (Å²) < 4.78 is 20.0. The Hall–Kier alpha value is -9.54. The van der Waals surface area contributed by atoms with Gasteiger partial charge in [-0.25, -0.2) is 14.4 Å². The Balaban J connectivity index is 1.13. The number of para-hydroxylation sites is 1. The van der Waals surface area contributed by atoms with E-state index in [2.05, 4.69) is 27.5 Å². The van der Waals surface area contributed by atoms with Crippen LogP contribution in [0.25, 0.3) is 11.0 Å². The van der Waals surface area contributed by atoms with Crippen LogP contribution in [0.15, 0.2) is 182 Å². The number of nitro benzene ring substituents is 1. The van der Waals surface area contributed by atoms with Crippen LogP contribution in [0.2, 0.25) is 0 Å². The smallest absolute Gasteiger partial charge is 0.421 e. The molecule has 2 saturated heterocycles. The third-order valence-corrected chi connectivity index (χ3v) is 14.5. The summed E-state index contributed by atoms with van der Waals surface area (Å²) in [5.74, 6) is 2.53. The van der Waals surface area contributed by atoms with Gasteiger partial charge in [0.25, 0.3) is 5.69 Å². The van der Waals surface area contributed by atoms with E-state index in [-0.39, 0.29) is 43.2 Å². The minimum Gasteiger partial charge on any atom is -0.491 e. The number of nitrogens with one attached hydrogen (secondary N) is 1. The maximum atomic E-state index is 16.7. The first-order valence-electron chi connectivity index (χ1n) is 25.1. The molecule has 0 aliphatic carbocycles. The number of benzene rings is 7. The highest BCUT2D eigenvalue weighted by Crippen LogP contribution is 2.66. The van der Waals surface area contributed by atoms with Crippen molar-refractivity contribution in [2.45, 2.75) is 48.9 Å². The van der Waals surface area contributed by atoms with Crippen LogP contribution < -0.4 is 15.0 Å². The summed E-state index contributed by atoms with van der Waals surface area (Å²) in [6, 6.07) is 47.9. The molecule has 3 amide bonds. The standard InChI is InChI=1S/C60H49N7O11/c68-33-34-76-45-29-25-43(26-30-45)55-60(51(56(70)61-36-50(69)40-14-4-1-5-15-40)53-57(71)78-54(42-18-8-3-9-19-42)52(66(53)55)41-16-6-2-7-17-41)46-35-38(13-12-32-64-49-21-11-10-20-47(49)62-63-64)24-31-48(46)65(58(60)72)59(73)77-37-39-22-27-44(28-23-39)67(74)75/h1-11,14-31,35,50-55,68-69H,32-34,36-37H2,(H,61,70). The Labute approximate surface area is 446 Å². The summed E-state index contributed by atoms with van der Waals surface area (Å²) in [5, 5.41) is 44.2. The summed E-state index contributed by atoms with van der Waals surface area (Å²) in [6.07, 6.45) is -3.35. The number of fused-ring (bicyclic) bond motifs is 4. The van der Waals surface area contributed by atoms with E-state index in [4.69, 9.17) is 14.2 Å². The van der Waals surface area contributed by atoms with Crippen molar-refractivity contribution < 1.29 is 48.5 Å². The van der Waals surface area contributed by atoms with Crippen molar-refractivity contribution in [2.75, 3.05) is 24.7 Å². The van der Waals surface area contributed by atoms with Crippen molar-refractivity contribution in [2.24, 2.45) is 5.92 Å². The predicted molar refractivity (Wildman–Crippen MR) is 283 cm³/mol. The van der Waals surface area contributed by atoms with Crippen molar-refractivity contribution in [1.82, 2.24) is 25.2 Å². The minimum absolute atomic E-state index is 0.0155. The van der Waals surface area contributed by atoms with Crippen molar-refractivity contribution in [3.05, 3.63) is 231 Å². The van der Waals surface area contributed by atoms with Crippen LogP contribution in [-0.2, 0) is 42.4 Å². The van der Waals surface area contributed by atoms with E-state index in [0.717, 1.165) is 10.4 Å². The molecule has 78 heavy (non-hydrogen) atoms. The average Bonchev–Trinajstić information content (AvgIpc) is 3.86. The quantitative estimate of drug-likeness (QED) is 0.0412. The first-order chi connectivity index (χ1) is 38.1. The molecule has 2 fully saturated rings. The van der Waals surface area contributed by atoms with E-state index < -0.39 is 77.1 Å². The number of cyclic esters (lactones) is 1. The fourth-order valence-corrected chi connectivity index (χ4v) is 11.1. The van der Waals surface area contributed by atoms with E-state index in [9.17, 15) is 25.1 Å². The Morgan fingerprint density at radius 1 is 0.808 bits per heavy atom. The molecule has 8 aromatic rings. The third kappa shape index (κ3) is 9.25. The average molecular weight is 1040 g/mol. The summed E-state index contributed by atoms with van der Waals surface area (Å²) >= 11 is 0. The lowest BCUT2D eigenvalue weighted by Gasteiger charge is -2.46. The van der Waals surface area contributed by atoms with Gasteiger partial charge in [0.1, 0.15) is 48.6 Å². The van der Waals surface area contributed by atoms with Gasteiger partial charge in [-0.05, 0) is 88.0 Å². The van der Waals surface area contributed by atoms with Crippen molar-refractivity contribution >= 4 is 46.3 Å². The molecule has 0 bridgehead atoms. The second-order valence-electron chi connectivity index (χ2n) is 19.0. The lowest BCUT2D eigenvalue weighted by Crippen LogP contribution is -2.56. The molecule has 18 heteroatoms. The maximum absolute atomic E-state index is 16.7. The van der Waals surface area contributed by atoms with Crippen LogP contribution in [0, 0.1) is 27.9 Å². The molecule has 7 unspecified atom stereocenters. The number of anilines is 1. The summed E-state index contributed by atoms with van der Waals surface area (Å²) in [4.78, 5) is 76.8. The maximum Gasteiger partial charge on any atom is 0.421 e. The van der Waals surface area contributed by atoms with Gasteiger partial charge >= 0.3 is 12.1 Å². The number of amides is 3. The fourth-order valence-electron chi connectivity index (χ4n) is 11.1. The SMILES string of the molecule is O=C1OC(c2ccccc2)C(c2ccccc2)N2C1C(C(=O)NCC(O)c1ccccc1)C1(C(=O)N(C(=O)OCc3ccc([N+](=O)[O-])cc3)c3ccc(C#CCn4nnc5ccccc54)cc31)C2c1ccc(OCCO)cc1. The van der Waals surface area contributed by atoms with Crippen LogP contribution in [0.1, 0.15) is 63.2 Å². The second kappa shape index (κ2) is 21.6. The van der Waals surface area contributed by atoms with Gasteiger partial charge in [-0.15, -0.1) is 5.10 Å². The number of aliphatic hydroxyl groups is 2. The molecular weight excluding hydrogens is 995 g/mol. The van der Waals surface area contributed by atoms with Crippen LogP contribution >= 0.6 is 0 Å². The molecular formula is C60H49N7O11. The number of morpholine rings is 1. The first-order valence-corrected chi connectivity index (χ1v) is 25.1. The number of hydrogen-bond donors (Lipinski definition) is 3. The molecule has 3 N–H and O–H groups in total. The highest BCUT2D eigenvalue weighted by Gasteiger charge is 2.75. The van der Waals surface area contributed by atoms with Gasteiger partial charge in [-0.3, -0.25) is 29.4 Å². The van der Waals surface area contributed by atoms with E-state index in [1.54, 1.807) is 77.5 Å². The predicted octanol–water partition coefficient (Wildman–Crippen LogP) is 7.61. The number of imide groups is 1. The molecule has 390 valence electrons. The molecule has 3 aliphatic rings. The first kappa shape index (κ1) is 50.6. The third-order valence-electron chi connectivity index (χ3n) is 14.5. The minimum atomic E-state index is -2.21. The zero-order valence-electron chi connectivity index (χ0n) is 41.6. The molecule has 11 rings (SSSR count). The number of hydrogen-bond acceptors (Lipinski definition) is 14. The zero-order valence-corrected chi connectivity index (χ0v) is 41.6. The Morgan fingerprint density at radius 2 is 1.49 bits per heavy atom. The summed E-state index contributed by atoms with van der Waals surface area (Å²) in [6.45, 7) is -0.898. The second-order valence-corrected chi connectivity index (χ2v) is 19.0. The number of non-ortho nitro benzene ring substituents is 1. The fraction of sp³-hybridized carbons (Fsp3) is 0.200. The molecule has 4 heterocycles. The molecule has 1 spiro atoms. The number of nitrogens with zero attached hydrogens (tertiary/aromatic N) is 6. The zero-order chi connectivity index (χ0) is 53.9. The van der Waals surface area contributed by atoms with Gasteiger partial charge < -0.3 is 29.7 Å². The molecule has 18 nitrogen and oxygen atoms in total. The van der Waals surface area contributed by atoms with E-state index in [0.29, 0.717) is 44.6 Å². The lowest BCUT2D eigenvalue weighted by molar-refractivity contribution is -0.384. The Morgan fingerprint density at radius 3 is 2.19 bits per heavy atom.